The third-order valence-corrected chi connectivity index (χ3v) is 14.6. The predicted octanol–water partition coefficient (Wildman–Crippen LogP) is 17.1. The second kappa shape index (κ2) is 15.5. The molecule has 71 heavy (non-hydrogen) atoms. The van der Waals surface area contributed by atoms with E-state index in [2.05, 4.69) is 250 Å². The number of nitrogens with zero attached hydrogens (tertiary/aromatic N) is 5. The van der Waals surface area contributed by atoms with Gasteiger partial charge in [-0.1, -0.05) is 164 Å². The van der Waals surface area contributed by atoms with Crippen LogP contribution in [0.3, 0.4) is 0 Å². The molecule has 15 aromatic rings. The number of rotatable bonds is 6. The molecule has 0 aliphatic heterocycles. The van der Waals surface area contributed by atoms with Crippen molar-refractivity contribution >= 4 is 87.2 Å². The minimum absolute atomic E-state index is 0.804. The van der Waals surface area contributed by atoms with Crippen LogP contribution in [0.4, 0.5) is 0 Å². The Bertz CT molecular complexity index is 4580. The van der Waals surface area contributed by atoms with Crippen LogP contribution >= 0.6 is 0 Å². The molecule has 0 fully saturated rings. The Hall–Kier alpha value is -9.58. The zero-order valence-corrected chi connectivity index (χ0v) is 38.4. The summed E-state index contributed by atoms with van der Waals surface area (Å²) in [6, 6.07) is 89.9. The summed E-state index contributed by atoms with van der Waals surface area (Å²) in [5.74, 6) is 0.804. The quantitative estimate of drug-likeness (QED) is 0.167. The maximum atomic E-state index is 5.44. The third-order valence-electron chi connectivity index (χ3n) is 14.6. The molecule has 0 amide bonds. The van der Waals surface area contributed by atoms with Gasteiger partial charge in [-0.15, -0.1) is 0 Å². The summed E-state index contributed by atoms with van der Waals surface area (Å²) in [5, 5.41) is 9.58. The monoisotopic (exact) mass is 903 g/mol. The van der Waals surface area contributed by atoms with Gasteiger partial charge in [-0.3, -0.25) is 4.57 Å². The van der Waals surface area contributed by atoms with Crippen LogP contribution < -0.4 is 0 Å². The van der Waals surface area contributed by atoms with Crippen LogP contribution in [0, 0.1) is 0 Å². The van der Waals surface area contributed by atoms with E-state index in [1.807, 2.05) is 12.1 Å². The summed E-state index contributed by atoms with van der Waals surface area (Å²) in [7, 11) is 0. The fraction of sp³-hybridized carbons (Fsp3) is 0. The molecule has 0 bridgehead atoms. The fourth-order valence-electron chi connectivity index (χ4n) is 11.4. The second-order valence-electron chi connectivity index (χ2n) is 18.6. The highest BCUT2D eigenvalue weighted by Gasteiger charge is 2.24. The third kappa shape index (κ3) is 6.06. The molecule has 5 nitrogen and oxygen atoms in total. The Morgan fingerprint density at radius 1 is 0.254 bits per heavy atom. The van der Waals surface area contributed by atoms with Gasteiger partial charge in [0.15, 0.2) is 5.82 Å². The van der Waals surface area contributed by atoms with E-state index >= 15 is 0 Å². The number of fused-ring (bicyclic) bond motifs is 12. The number of hydrogen-bond donors (Lipinski definition) is 0. The first-order valence-corrected chi connectivity index (χ1v) is 24.2. The molecule has 330 valence electrons. The van der Waals surface area contributed by atoms with Gasteiger partial charge in [0.2, 0.25) is 0 Å². The number of aromatic nitrogens is 5. The molecule has 15 rings (SSSR count). The van der Waals surface area contributed by atoms with E-state index in [1.165, 1.54) is 65.6 Å². The molecule has 0 atom stereocenters. The molecule has 0 aliphatic carbocycles. The van der Waals surface area contributed by atoms with Crippen molar-refractivity contribution in [2.75, 3.05) is 0 Å². The lowest BCUT2D eigenvalue weighted by molar-refractivity contribution is 1.08. The van der Waals surface area contributed by atoms with E-state index in [0.717, 1.165) is 72.3 Å². The Morgan fingerprint density at radius 2 is 0.746 bits per heavy atom. The van der Waals surface area contributed by atoms with E-state index in [4.69, 9.17) is 9.97 Å². The van der Waals surface area contributed by atoms with Crippen LogP contribution in [0.25, 0.3) is 138 Å². The maximum absolute atomic E-state index is 5.44. The van der Waals surface area contributed by atoms with Crippen molar-refractivity contribution in [1.29, 1.82) is 0 Å². The lowest BCUT2D eigenvalue weighted by Gasteiger charge is -2.15. The molecule has 0 saturated carbocycles. The predicted molar refractivity (Wildman–Crippen MR) is 296 cm³/mol. The van der Waals surface area contributed by atoms with Gasteiger partial charge in [-0.05, 0) is 118 Å². The maximum Gasteiger partial charge on any atom is 0.165 e. The van der Waals surface area contributed by atoms with Gasteiger partial charge >= 0.3 is 0 Å². The van der Waals surface area contributed by atoms with Crippen LogP contribution in [0.1, 0.15) is 0 Å². The molecule has 0 radical (unpaired) electrons. The van der Waals surface area contributed by atoms with Crippen molar-refractivity contribution < 1.29 is 0 Å². The first-order valence-electron chi connectivity index (χ1n) is 24.2. The first-order chi connectivity index (χ1) is 35.2. The van der Waals surface area contributed by atoms with Crippen molar-refractivity contribution in [2.45, 2.75) is 0 Å². The first kappa shape index (κ1) is 39.4. The van der Waals surface area contributed by atoms with Gasteiger partial charge in [0.1, 0.15) is 5.69 Å². The highest BCUT2D eigenvalue weighted by molar-refractivity contribution is 6.29. The van der Waals surface area contributed by atoms with Crippen molar-refractivity contribution in [3.05, 3.63) is 249 Å². The molecular formula is C66H41N5. The van der Waals surface area contributed by atoms with E-state index in [0.29, 0.717) is 0 Å². The smallest absolute Gasteiger partial charge is 0.165 e. The van der Waals surface area contributed by atoms with Gasteiger partial charge in [0, 0.05) is 49.3 Å². The molecule has 0 spiro atoms. The van der Waals surface area contributed by atoms with Gasteiger partial charge in [-0.2, -0.15) is 0 Å². The zero-order valence-electron chi connectivity index (χ0n) is 38.4. The van der Waals surface area contributed by atoms with Crippen molar-refractivity contribution in [2.24, 2.45) is 0 Å². The van der Waals surface area contributed by atoms with Gasteiger partial charge < -0.3 is 9.13 Å². The van der Waals surface area contributed by atoms with Crippen molar-refractivity contribution in [3.63, 3.8) is 0 Å². The number of hydrogen-bond acceptors (Lipinski definition) is 2. The van der Waals surface area contributed by atoms with E-state index in [1.54, 1.807) is 0 Å². The number of benzene rings is 11. The molecule has 11 aromatic carbocycles. The highest BCUT2D eigenvalue weighted by Crippen LogP contribution is 2.45. The van der Waals surface area contributed by atoms with Crippen LogP contribution in [0.2, 0.25) is 0 Å². The second-order valence-corrected chi connectivity index (χ2v) is 18.6. The van der Waals surface area contributed by atoms with Gasteiger partial charge in [0.05, 0.1) is 44.1 Å². The van der Waals surface area contributed by atoms with Crippen LogP contribution in [0.15, 0.2) is 249 Å². The van der Waals surface area contributed by atoms with E-state index in [-0.39, 0.29) is 0 Å². The lowest BCUT2D eigenvalue weighted by atomic mass is 9.98. The zero-order chi connectivity index (χ0) is 46.6. The van der Waals surface area contributed by atoms with Crippen molar-refractivity contribution in [3.8, 4) is 50.7 Å². The summed E-state index contributed by atoms with van der Waals surface area (Å²) < 4.78 is 7.25. The van der Waals surface area contributed by atoms with Crippen LogP contribution in [0.5, 0.6) is 0 Å². The summed E-state index contributed by atoms with van der Waals surface area (Å²) in [5.41, 5.74) is 17.4. The van der Waals surface area contributed by atoms with E-state index in [9.17, 15) is 0 Å². The van der Waals surface area contributed by atoms with Crippen molar-refractivity contribution in [1.82, 2.24) is 23.7 Å². The van der Waals surface area contributed by atoms with E-state index < -0.39 is 0 Å². The summed E-state index contributed by atoms with van der Waals surface area (Å²) in [4.78, 5) is 10.8. The molecule has 0 aliphatic rings. The molecule has 4 heterocycles. The summed E-state index contributed by atoms with van der Waals surface area (Å²) in [6.45, 7) is 0. The standard InChI is InChI=1S/C66H41N5/c1-3-17-42(18-4-1)47-38-48(43-19-5-2-6-20-43)40-50(39-47)70-59-30-16-11-25-53(59)64-62(70)36-35-61-63(64)52-24-10-15-29-58(52)69(61)49-33-34-60-54(41-49)51-23-9-14-28-57(51)71(60)66-65(67-55-26-12-13-27-56(55)68-66)46-32-31-44-21-7-8-22-45(44)37-46/h1-41H. The minimum Gasteiger partial charge on any atom is -0.309 e. The molecule has 0 saturated heterocycles. The Kier molecular flexibility index (Phi) is 8.59. The van der Waals surface area contributed by atoms with Gasteiger partial charge in [-0.25, -0.2) is 9.97 Å². The molecule has 5 heteroatoms. The average Bonchev–Trinajstić information content (AvgIpc) is 4.08. The number of para-hydroxylation sites is 5. The Morgan fingerprint density at radius 3 is 1.39 bits per heavy atom. The summed E-state index contributed by atoms with van der Waals surface area (Å²) >= 11 is 0. The Labute approximate surface area is 408 Å². The van der Waals surface area contributed by atoms with Crippen LogP contribution in [-0.4, -0.2) is 23.7 Å². The largest absolute Gasteiger partial charge is 0.309 e. The highest BCUT2D eigenvalue weighted by atomic mass is 15.1. The van der Waals surface area contributed by atoms with Crippen LogP contribution in [-0.2, 0) is 0 Å². The Balaban J connectivity index is 0.967. The topological polar surface area (TPSA) is 40.6 Å². The minimum atomic E-state index is 0.804. The lowest BCUT2D eigenvalue weighted by Crippen LogP contribution is -2.04. The SMILES string of the molecule is c1ccc(-c2cc(-c3ccccc3)cc(-n3c4ccccc4c4c5c6ccccc6n(-c6ccc7c(c6)c6ccccc6n7-c6nc7ccccc7nc6-c6ccc7ccccc7c6)c5ccc43)c2)cc1. The summed E-state index contributed by atoms with van der Waals surface area (Å²) in [6.07, 6.45) is 0. The molecule has 0 N–H and O–H groups in total. The molecule has 0 unspecified atom stereocenters. The average molecular weight is 904 g/mol. The normalized spacial score (nSPS) is 11.9. The van der Waals surface area contributed by atoms with Gasteiger partial charge in [0.25, 0.3) is 0 Å². The molecular weight excluding hydrogens is 863 g/mol. The fourth-order valence-corrected chi connectivity index (χ4v) is 11.4. The molecule has 4 aromatic heterocycles.